The number of hydrogen-bond acceptors (Lipinski definition) is 3. The number of para-hydroxylation sites is 1. The number of benzene rings is 2. The average Bonchev–Trinajstić information content (AvgIpc) is 2.36. The van der Waals surface area contributed by atoms with Crippen molar-refractivity contribution in [2.75, 3.05) is 11.1 Å². The number of nitrogens with two attached hydrogens (primary N) is 1. The van der Waals surface area contributed by atoms with Crippen LogP contribution in [0.15, 0.2) is 36.4 Å². The number of aryl methyl sites for hydroxylation is 1. The lowest BCUT2D eigenvalue weighted by Crippen LogP contribution is -1.99. The number of anilines is 3. The molecule has 0 aromatic heterocycles. The fourth-order valence-electron chi connectivity index (χ4n) is 1.69. The number of nitrogen functional groups attached to an aromatic ring is 1. The van der Waals surface area contributed by atoms with Gasteiger partial charge >= 0.3 is 0 Å². The van der Waals surface area contributed by atoms with Gasteiger partial charge in [0.15, 0.2) is 0 Å². The minimum Gasteiger partial charge on any atom is -0.397 e. The number of nitriles is 1. The molecule has 0 unspecified atom stereocenters. The third-order valence-electron chi connectivity index (χ3n) is 2.66. The van der Waals surface area contributed by atoms with Crippen LogP contribution in [0.1, 0.15) is 11.1 Å². The van der Waals surface area contributed by atoms with Gasteiger partial charge in [-0.3, -0.25) is 0 Å². The van der Waals surface area contributed by atoms with Gasteiger partial charge in [0.1, 0.15) is 11.9 Å². The van der Waals surface area contributed by atoms with E-state index < -0.39 is 5.82 Å². The number of halogens is 1. The van der Waals surface area contributed by atoms with E-state index in [-0.39, 0.29) is 5.56 Å². The molecule has 2 rings (SSSR count). The Balaban J connectivity index is 2.38. The van der Waals surface area contributed by atoms with Crippen LogP contribution in [0.25, 0.3) is 0 Å². The third kappa shape index (κ3) is 2.25. The van der Waals surface area contributed by atoms with Crippen molar-refractivity contribution in [2.24, 2.45) is 0 Å². The van der Waals surface area contributed by atoms with E-state index >= 15 is 0 Å². The molecule has 0 aliphatic carbocycles. The summed E-state index contributed by atoms with van der Waals surface area (Å²) in [6, 6.07) is 11.7. The minimum atomic E-state index is -0.527. The van der Waals surface area contributed by atoms with E-state index in [2.05, 4.69) is 5.32 Å². The van der Waals surface area contributed by atoms with Crippen molar-refractivity contribution in [3.05, 3.63) is 53.3 Å². The van der Waals surface area contributed by atoms with Crippen LogP contribution in [-0.2, 0) is 0 Å². The Labute approximate surface area is 105 Å². The van der Waals surface area contributed by atoms with Gasteiger partial charge in [-0.2, -0.15) is 5.26 Å². The maximum absolute atomic E-state index is 13.2. The zero-order chi connectivity index (χ0) is 13.1. The van der Waals surface area contributed by atoms with E-state index in [1.165, 1.54) is 12.1 Å². The van der Waals surface area contributed by atoms with Crippen LogP contribution >= 0.6 is 0 Å². The lowest BCUT2D eigenvalue weighted by Gasteiger charge is -2.12. The first-order chi connectivity index (χ1) is 8.61. The topological polar surface area (TPSA) is 61.8 Å². The predicted octanol–water partition coefficient (Wildman–Crippen LogP) is 3.33. The van der Waals surface area contributed by atoms with Crippen molar-refractivity contribution < 1.29 is 4.39 Å². The highest BCUT2D eigenvalue weighted by molar-refractivity contribution is 5.76. The molecule has 0 atom stereocenters. The Morgan fingerprint density at radius 2 is 2.06 bits per heavy atom. The fraction of sp³-hybridized carbons (Fsp3) is 0.0714. The van der Waals surface area contributed by atoms with E-state index in [4.69, 9.17) is 11.0 Å². The maximum Gasteiger partial charge on any atom is 0.141 e. The Kier molecular flexibility index (Phi) is 3.16. The highest BCUT2D eigenvalue weighted by Gasteiger charge is 2.06. The van der Waals surface area contributed by atoms with Crippen molar-refractivity contribution in [1.82, 2.24) is 0 Å². The molecule has 0 fully saturated rings. The zero-order valence-corrected chi connectivity index (χ0v) is 9.87. The molecule has 2 aromatic rings. The quantitative estimate of drug-likeness (QED) is 0.793. The van der Waals surface area contributed by atoms with Gasteiger partial charge < -0.3 is 11.1 Å². The normalized spacial score (nSPS) is 9.83. The third-order valence-corrected chi connectivity index (χ3v) is 2.66. The molecule has 0 radical (unpaired) electrons. The Morgan fingerprint density at radius 1 is 1.28 bits per heavy atom. The molecule has 0 aliphatic rings. The smallest absolute Gasteiger partial charge is 0.141 e. The number of nitrogens with one attached hydrogen (secondary N) is 1. The molecule has 3 nitrogen and oxygen atoms in total. The van der Waals surface area contributed by atoms with Crippen LogP contribution in [0.3, 0.4) is 0 Å². The molecule has 3 N–H and O–H groups in total. The maximum atomic E-state index is 13.2. The lowest BCUT2D eigenvalue weighted by molar-refractivity contribution is 0.624. The first-order valence-electron chi connectivity index (χ1n) is 5.43. The summed E-state index contributed by atoms with van der Waals surface area (Å²) in [5, 5.41) is 11.9. The summed E-state index contributed by atoms with van der Waals surface area (Å²) >= 11 is 0. The standard InChI is InChI=1S/C14H12FN3/c1-9-3-2-4-13(17)14(9)18-11-5-6-12(15)10(7-11)8-16/h2-7,18H,17H2,1H3. The van der Waals surface area contributed by atoms with Gasteiger partial charge in [0.05, 0.1) is 16.9 Å². The molecule has 0 aliphatic heterocycles. The molecule has 0 saturated carbocycles. The van der Waals surface area contributed by atoms with E-state index in [0.717, 1.165) is 11.3 Å². The van der Waals surface area contributed by atoms with Crippen LogP contribution in [0, 0.1) is 24.1 Å². The monoisotopic (exact) mass is 241 g/mol. The summed E-state index contributed by atoms with van der Waals surface area (Å²) in [5.74, 6) is -0.527. The Bertz CT molecular complexity index is 609. The van der Waals surface area contributed by atoms with Gasteiger partial charge in [-0.15, -0.1) is 0 Å². The minimum absolute atomic E-state index is 0.00663. The Hall–Kier alpha value is -2.54. The van der Waals surface area contributed by atoms with Crippen molar-refractivity contribution in [1.29, 1.82) is 5.26 Å². The molecule has 2 aromatic carbocycles. The van der Waals surface area contributed by atoms with Crippen molar-refractivity contribution in [2.45, 2.75) is 6.92 Å². The summed E-state index contributed by atoms with van der Waals surface area (Å²) < 4.78 is 13.2. The van der Waals surface area contributed by atoms with Crippen molar-refractivity contribution in [3.63, 3.8) is 0 Å². The second-order valence-corrected chi connectivity index (χ2v) is 3.97. The van der Waals surface area contributed by atoms with Crippen LogP contribution in [-0.4, -0.2) is 0 Å². The highest BCUT2D eigenvalue weighted by atomic mass is 19.1. The van der Waals surface area contributed by atoms with Gasteiger partial charge in [-0.25, -0.2) is 4.39 Å². The molecule has 90 valence electrons. The zero-order valence-electron chi connectivity index (χ0n) is 9.87. The SMILES string of the molecule is Cc1cccc(N)c1Nc1ccc(F)c(C#N)c1. The highest BCUT2D eigenvalue weighted by Crippen LogP contribution is 2.27. The number of nitrogens with zero attached hydrogens (tertiary/aromatic N) is 1. The summed E-state index contributed by atoms with van der Waals surface area (Å²) in [4.78, 5) is 0. The molecule has 0 bridgehead atoms. The molecule has 0 saturated heterocycles. The van der Waals surface area contributed by atoms with Crippen LogP contribution in [0.4, 0.5) is 21.5 Å². The number of rotatable bonds is 2. The predicted molar refractivity (Wildman–Crippen MR) is 70.0 cm³/mol. The van der Waals surface area contributed by atoms with E-state index in [1.54, 1.807) is 18.2 Å². The van der Waals surface area contributed by atoms with Crippen LogP contribution < -0.4 is 11.1 Å². The molecule has 0 heterocycles. The molecule has 18 heavy (non-hydrogen) atoms. The summed E-state index contributed by atoms with van der Waals surface area (Å²) in [6.07, 6.45) is 0. The van der Waals surface area contributed by atoms with Crippen LogP contribution in [0.2, 0.25) is 0 Å². The second kappa shape index (κ2) is 4.76. The first kappa shape index (κ1) is 11.9. The Morgan fingerprint density at radius 3 is 2.72 bits per heavy atom. The van der Waals surface area contributed by atoms with E-state index in [9.17, 15) is 4.39 Å². The van der Waals surface area contributed by atoms with Gasteiger partial charge in [-0.1, -0.05) is 12.1 Å². The lowest BCUT2D eigenvalue weighted by atomic mass is 10.1. The average molecular weight is 241 g/mol. The summed E-state index contributed by atoms with van der Waals surface area (Å²) in [5.41, 5.74) is 8.87. The molecule has 4 heteroatoms. The van der Waals surface area contributed by atoms with E-state index in [1.807, 2.05) is 19.1 Å². The molecule has 0 spiro atoms. The van der Waals surface area contributed by atoms with Gasteiger partial charge in [0.2, 0.25) is 0 Å². The first-order valence-corrected chi connectivity index (χ1v) is 5.43. The summed E-state index contributed by atoms with van der Waals surface area (Å²) in [7, 11) is 0. The van der Waals surface area contributed by atoms with Gasteiger partial charge in [-0.05, 0) is 36.8 Å². The van der Waals surface area contributed by atoms with E-state index in [0.29, 0.717) is 11.4 Å². The van der Waals surface area contributed by atoms with Crippen LogP contribution in [0.5, 0.6) is 0 Å². The van der Waals surface area contributed by atoms with Gasteiger partial charge in [0, 0.05) is 5.69 Å². The fourth-order valence-corrected chi connectivity index (χ4v) is 1.69. The molecule has 0 amide bonds. The molecular weight excluding hydrogens is 229 g/mol. The summed E-state index contributed by atoms with van der Waals surface area (Å²) in [6.45, 7) is 1.92. The van der Waals surface area contributed by atoms with Crippen molar-refractivity contribution in [3.8, 4) is 6.07 Å². The van der Waals surface area contributed by atoms with Crippen molar-refractivity contribution >= 4 is 17.1 Å². The largest absolute Gasteiger partial charge is 0.397 e. The molecular formula is C14H12FN3. The second-order valence-electron chi connectivity index (χ2n) is 3.97. The number of hydrogen-bond donors (Lipinski definition) is 2. The van der Waals surface area contributed by atoms with Gasteiger partial charge in [0.25, 0.3) is 0 Å².